The third kappa shape index (κ3) is 3.39. The van der Waals surface area contributed by atoms with Crippen LogP contribution in [0, 0.1) is 17.0 Å². The number of carbonyl (C=O) groups excluding carboxylic acids is 1. The Labute approximate surface area is 158 Å². The van der Waals surface area contributed by atoms with Gasteiger partial charge in [-0.2, -0.15) is 0 Å². The molecule has 0 bridgehead atoms. The fraction of sp³-hybridized carbons (Fsp3) is 0.158. The highest BCUT2D eigenvalue weighted by atomic mass is 32.1. The number of benzene rings is 2. The van der Waals surface area contributed by atoms with Gasteiger partial charge in [0, 0.05) is 34.6 Å². The van der Waals surface area contributed by atoms with E-state index in [1.54, 1.807) is 19.1 Å². The minimum atomic E-state index is -0.495. The average Bonchev–Trinajstić information content (AvgIpc) is 3.30. The maximum absolute atomic E-state index is 12.4. The van der Waals surface area contributed by atoms with Crippen LogP contribution in [0.1, 0.15) is 21.5 Å². The smallest absolute Gasteiger partial charge is 0.273 e. The number of ether oxygens (including phenoxy) is 1. The van der Waals surface area contributed by atoms with Crippen molar-refractivity contribution in [1.82, 2.24) is 4.98 Å². The maximum Gasteiger partial charge on any atom is 0.273 e. The molecule has 0 radical (unpaired) electrons. The Bertz CT molecular complexity index is 1060. The molecule has 1 amide bonds. The number of nitrogens with zero attached hydrogens (tertiary/aromatic N) is 2. The van der Waals surface area contributed by atoms with E-state index in [1.165, 1.54) is 17.4 Å². The average molecular weight is 381 g/mol. The second kappa shape index (κ2) is 6.81. The molecule has 27 heavy (non-hydrogen) atoms. The van der Waals surface area contributed by atoms with E-state index < -0.39 is 10.8 Å². The lowest BCUT2D eigenvalue weighted by Crippen LogP contribution is -2.12. The number of nitro groups is 1. The molecule has 0 saturated carbocycles. The second-order valence-corrected chi connectivity index (χ2v) is 7.03. The number of aromatic nitrogens is 1. The third-order valence-electron chi connectivity index (χ3n) is 4.38. The Hall–Kier alpha value is -3.26. The Morgan fingerprint density at radius 2 is 2.15 bits per heavy atom. The predicted octanol–water partition coefficient (Wildman–Crippen LogP) is 4.21. The first-order valence-corrected chi connectivity index (χ1v) is 9.17. The van der Waals surface area contributed by atoms with E-state index in [9.17, 15) is 14.9 Å². The van der Waals surface area contributed by atoms with Crippen molar-refractivity contribution in [2.75, 3.05) is 11.9 Å². The number of anilines is 1. The molecule has 4 rings (SSSR count). The number of nitrogens with one attached hydrogen (secondary N) is 1. The van der Waals surface area contributed by atoms with Crippen molar-refractivity contribution in [2.24, 2.45) is 0 Å². The van der Waals surface area contributed by atoms with Gasteiger partial charge in [-0.1, -0.05) is 6.07 Å². The number of aryl methyl sites for hydroxylation is 1. The van der Waals surface area contributed by atoms with Crippen molar-refractivity contribution in [3.63, 3.8) is 0 Å². The molecule has 136 valence electrons. The molecule has 0 saturated heterocycles. The standard InChI is InChI=1S/C19H15N3O4S/c1-11-2-3-14(9-16(11)22(24)25)18(23)21-19-20-15(10-27-19)12-4-5-17-13(8-12)6-7-26-17/h2-5,8-10H,6-7H2,1H3,(H,20,21,23). The number of carbonyl (C=O) groups is 1. The molecule has 7 nitrogen and oxygen atoms in total. The zero-order valence-corrected chi connectivity index (χ0v) is 15.2. The predicted molar refractivity (Wildman–Crippen MR) is 103 cm³/mol. The van der Waals surface area contributed by atoms with Crippen molar-refractivity contribution >= 4 is 28.1 Å². The monoisotopic (exact) mass is 381 g/mol. The summed E-state index contributed by atoms with van der Waals surface area (Å²) in [6.07, 6.45) is 0.878. The number of amides is 1. The largest absolute Gasteiger partial charge is 0.493 e. The van der Waals surface area contributed by atoms with Gasteiger partial charge in [-0.3, -0.25) is 20.2 Å². The molecule has 0 atom stereocenters. The maximum atomic E-state index is 12.4. The quantitative estimate of drug-likeness (QED) is 0.539. The van der Waals surface area contributed by atoms with Crippen molar-refractivity contribution < 1.29 is 14.5 Å². The molecular weight excluding hydrogens is 366 g/mol. The number of rotatable bonds is 4. The summed E-state index contributed by atoms with van der Waals surface area (Å²) in [7, 11) is 0. The van der Waals surface area contributed by atoms with Crippen LogP contribution >= 0.6 is 11.3 Å². The summed E-state index contributed by atoms with van der Waals surface area (Å²) in [5.41, 5.74) is 3.52. The molecular formula is C19H15N3O4S. The normalized spacial score (nSPS) is 12.3. The minimum absolute atomic E-state index is 0.0807. The number of hydrogen-bond acceptors (Lipinski definition) is 6. The Morgan fingerprint density at radius 3 is 2.96 bits per heavy atom. The summed E-state index contributed by atoms with van der Waals surface area (Å²) in [6.45, 7) is 2.33. The number of hydrogen-bond donors (Lipinski definition) is 1. The van der Waals surface area contributed by atoms with Gasteiger partial charge in [-0.15, -0.1) is 11.3 Å². The summed E-state index contributed by atoms with van der Waals surface area (Å²) in [5.74, 6) is 0.477. The van der Waals surface area contributed by atoms with Crippen LogP contribution in [0.15, 0.2) is 41.8 Å². The van der Waals surface area contributed by atoms with Gasteiger partial charge in [0.05, 0.1) is 17.2 Å². The van der Waals surface area contributed by atoms with Crippen molar-refractivity contribution in [3.8, 4) is 17.0 Å². The van der Waals surface area contributed by atoms with Crippen molar-refractivity contribution in [2.45, 2.75) is 13.3 Å². The van der Waals surface area contributed by atoms with Crippen LogP contribution in [-0.2, 0) is 6.42 Å². The third-order valence-corrected chi connectivity index (χ3v) is 5.14. The summed E-state index contributed by atoms with van der Waals surface area (Å²) < 4.78 is 5.51. The number of nitro benzene ring substituents is 1. The van der Waals surface area contributed by atoms with E-state index in [-0.39, 0.29) is 11.3 Å². The van der Waals surface area contributed by atoms with Crippen LogP contribution in [0.5, 0.6) is 5.75 Å². The van der Waals surface area contributed by atoms with E-state index in [1.807, 2.05) is 23.6 Å². The second-order valence-electron chi connectivity index (χ2n) is 6.17. The number of fused-ring (bicyclic) bond motifs is 1. The summed E-state index contributed by atoms with van der Waals surface area (Å²) >= 11 is 1.31. The highest BCUT2D eigenvalue weighted by Gasteiger charge is 2.17. The Balaban J connectivity index is 1.53. The first kappa shape index (κ1) is 17.2. The van der Waals surface area contributed by atoms with Gasteiger partial charge >= 0.3 is 0 Å². The van der Waals surface area contributed by atoms with E-state index in [2.05, 4.69) is 10.3 Å². The lowest BCUT2D eigenvalue weighted by atomic mass is 10.1. The van der Waals surface area contributed by atoms with Gasteiger partial charge in [0.15, 0.2) is 5.13 Å². The van der Waals surface area contributed by atoms with Gasteiger partial charge in [0.1, 0.15) is 5.75 Å². The Morgan fingerprint density at radius 1 is 1.30 bits per heavy atom. The van der Waals surface area contributed by atoms with Crippen molar-refractivity contribution in [1.29, 1.82) is 0 Å². The van der Waals surface area contributed by atoms with Gasteiger partial charge in [0.25, 0.3) is 11.6 Å². The van der Waals surface area contributed by atoms with E-state index in [4.69, 9.17) is 4.74 Å². The molecule has 0 aliphatic carbocycles. The van der Waals surface area contributed by atoms with Crippen LogP contribution in [0.25, 0.3) is 11.3 Å². The van der Waals surface area contributed by atoms with Gasteiger partial charge < -0.3 is 4.74 Å². The molecule has 1 aromatic heterocycles. The van der Waals surface area contributed by atoms with Crippen LogP contribution in [-0.4, -0.2) is 22.4 Å². The highest BCUT2D eigenvalue weighted by Crippen LogP contribution is 2.32. The van der Waals surface area contributed by atoms with Crippen LogP contribution in [0.2, 0.25) is 0 Å². The lowest BCUT2D eigenvalue weighted by Gasteiger charge is -2.04. The van der Waals surface area contributed by atoms with Crippen molar-refractivity contribution in [3.05, 3.63) is 68.6 Å². The minimum Gasteiger partial charge on any atom is -0.493 e. The molecule has 0 unspecified atom stereocenters. The zero-order valence-electron chi connectivity index (χ0n) is 14.4. The van der Waals surface area contributed by atoms with Gasteiger partial charge in [-0.05, 0) is 36.8 Å². The van der Waals surface area contributed by atoms with E-state index >= 15 is 0 Å². The topological polar surface area (TPSA) is 94.4 Å². The van der Waals surface area contributed by atoms with Crippen LogP contribution in [0.3, 0.4) is 0 Å². The first-order chi connectivity index (χ1) is 13.0. The van der Waals surface area contributed by atoms with Crippen LogP contribution < -0.4 is 10.1 Å². The highest BCUT2D eigenvalue weighted by molar-refractivity contribution is 7.14. The molecule has 0 spiro atoms. The Kier molecular flexibility index (Phi) is 4.33. The number of thiazole rings is 1. The molecule has 2 aromatic carbocycles. The molecule has 0 fully saturated rings. The SMILES string of the molecule is Cc1ccc(C(=O)Nc2nc(-c3ccc4c(c3)CCO4)cs2)cc1[N+](=O)[O-]. The molecule has 2 heterocycles. The first-order valence-electron chi connectivity index (χ1n) is 8.29. The van der Waals surface area contributed by atoms with Crippen LogP contribution in [0.4, 0.5) is 10.8 Å². The fourth-order valence-electron chi connectivity index (χ4n) is 2.93. The molecule has 3 aromatic rings. The molecule has 1 aliphatic heterocycles. The summed E-state index contributed by atoms with van der Waals surface area (Å²) in [5, 5.41) is 16.1. The van der Waals surface area contributed by atoms with E-state index in [0.29, 0.717) is 17.3 Å². The molecule has 1 N–H and O–H groups in total. The summed E-state index contributed by atoms with van der Waals surface area (Å²) in [4.78, 5) is 27.4. The van der Waals surface area contributed by atoms with Gasteiger partial charge in [0.2, 0.25) is 0 Å². The molecule has 1 aliphatic rings. The van der Waals surface area contributed by atoms with E-state index in [0.717, 1.165) is 29.0 Å². The summed E-state index contributed by atoms with van der Waals surface area (Å²) in [6, 6.07) is 10.3. The molecule has 8 heteroatoms. The van der Waals surface area contributed by atoms with Gasteiger partial charge in [-0.25, -0.2) is 4.98 Å². The lowest BCUT2D eigenvalue weighted by molar-refractivity contribution is -0.385. The fourth-order valence-corrected chi connectivity index (χ4v) is 3.64. The zero-order chi connectivity index (χ0) is 19.0.